The fourth-order valence-electron chi connectivity index (χ4n) is 2.55. The lowest BCUT2D eigenvalue weighted by molar-refractivity contribution is 0.00755. The number of amides is 2. The zero-order valence-electron chi connectivity index (χ0n) is 12.0. The lowest BCUT2D eigenvalue weighted by Gasteiger charge is -2.32. The van der Waals surface area contributed by atoms with Crippen LogP contribution in [0.1, 0.15) is 37.7 Å². The first-order valence-corrected chi connectivity index (χ1v) is 7.50. The highest BCUT2D eigenvalue weighted by Gasteiger charge is 2.29. The van der Waals surface area contributed by atoms with Crippen LogP contribution in [0, 0.1) is 12.7 Å². The van der Waals surface area contributed by atoms with E-state index >= 15 is 0 Å². The Bertz CT molecular complexity index is 531. The van der Waals surface area contributed by atoms with Gasteiger partial charge in [0.25, 0.3) is 0 Å². The van der Waals surface area contributed by atoms with Crippen LogP contribution in [-0.2, 0) is 0 Å². The monoisotopic (exact) mass is 314 g/mol. The quantitative estimate of drug-likeness (QED) is 0.798. The van der Waals surface area contributed by atoms with E-state index in [1.807, 2.05) is 0 Å². The highest BCUT2D eigenvalue weighted by molar-refractivity contribution is 6.33. The molecule has 2 amide bonds. The van der Waals surface area contributed by atoms with Gasteiger partial charge in [0.1, 0.15) is 5.82 Å². The number of halogens is 2. The van der Waals surface area contributed by atoms with Crippen molar-refractivity contribution in [1.82, 2.24) is 5.32 Å². The third-order valence-electron chi connectivity index (χ3n) is 3.86. The molecule has 1 aromatic rings. The number of aryl methyl sites for hydroxylation is 1. The highest BCUT2D eigenvalue weighted by Crippen LogP contribution is 2.28. The second kappa shape index (κ2) is 6.62. The molecule has 0 atom stereocenters. The van der Waals surface area contributed by atoms with Crippen LogP contribution in [-0.4, -0.2) is 23.3 Å². The van der Waals surface area contributed by atoms with Crippen LogP contribution in [0.3, 0.4) is 0 Å². The van der Waals surface area contributed by atoms with Crippen molar-refractivity contribution in [3.05, 3.63) is 28.5 Å². The number of rotatable bonds is 3. The Morgan fingerprint density at radius 3 is 2.71 bits per heavy atom. The van der Waals surface area contributed by atoms with Gasteiger partial charge in [-0.3, -0.25) is 0 Å². The van der Waals surface area contributed by atoms with Crippen LogP contribution in [0.25, 0.3) is 0 Å². The van der Waals surface area contributed by atoms with Gasteiger partial charge in [0.15, 0.2) is 0 Å². The second-order valence-electron chi connectivity index (χ2n) is 5.67. The SMILES string of the molecule is Cc1cc(NC(=O)NCC2(O)CCCCC2)c(Cl)cc1F. The third-order valence-corrected chi connectivity index (χ3v) is 4.17. The Hall–Kier alpha value is -1.33. The molecule has 0 aromatic heterocycles. The number of hydrogen-bond donors (Lipinski definition) is 3. The maximum absolute atomic E-state index is 13.3. The van der Waals surface area contributed by atoms with Crippen molar-refractivity contribution in [2.24, 2.45) is 0 Å². The lowest BCUT2D eigenvalue weighted by atomic mass is 9.85. The van der Waals surface area contributed by atoms with Crippen molar-refractivity contribution < 1.29 is 14.3 Å². The molecule has 1 aromatic carbocycles. The molecule has 0 heterocycles. The van der Waals surface area contributed by atoms with Crippen molar-refractivity contribution in [2.75, 3.05) is 11.9 Å². The summed E-state index contributed by atoms with van der Waals surface area (Å²) >= 11 is 5.89. The molecule has 1 aliphatic rings. The molecular formula is C15H20ClFN2O2. The molecule has 0 bridgehead atoms. The van der Waals surface area contributed by atoms with Crippen LogP contribution in [0.15, 0.2) is 12.1 Å². The van der Waals surface area contributed by atoms with Crippen LogP contribution >= 0.6 is 11.6 Å². The molecule has 0 unspecified atom stereocenters. The third kappa shape index (κ3) is 4.32. The molecule has 3 N–H and O–H groups in total. The minimum atomic E-state index is -0.821. The van der Waals surface area contributed by atoms with Gasteiger partial charge in [-0.1, -0.05) is 30.9 Å². The normalized spacial score (nSPS) is 17.3. The van der Waals surface area contributed by atoms with Gasteiger partial charge in [-0.15, -0.1) is 0 Å². The van der Waals surface area contributed by atoms with Crippen molar-refractivity contribution in [3.63, 3.8) is 0 Å². The summed E-state index contributed by atoms with van der Waals surface area (Å²) in [6.07, 6.45) is 4.47. The first-order chi connectivity index (χ1) is 9.89. The van der Waals surface area contributed by atoms with Gasteiger partial charge >= 0.3 is 6.03 Å². The van der Waals surface area contributed by atoms with Gasteiger partial charge in [0.05, 0.1) is 16.3 Å². The average molecular weight is 315 g/mol. The zero-order chi connectivity index (χ0) is 15.5. The summed E-state index contributed by atoms with van der Waals surface area (Å²) in [5.74, 6) is -0.414. The van der Waals surface area contributed by atoms with Gasteiger partial charge < -0.3 is 15.7 Å². The topological polar surface area (TPSA) is 61.4 Å². The smallest absolute Gasteiger partial charge is 0.319 e. The Kier molecular flexibility index (Phi) is 5.06. The number of nitrogens with one attached hydrogen (secondary N) is 2. The zero-order valence-corrected chi connectivity index (χ0v) is 12.8. The van der Waals surface area contributed by atoms with Gasteiger partial charge in [-0.25, -0.2) is 9.18 Å². The number of hydrogen-bond acceptors (Lipinski definition) is 2. The summed E-state index contributed by atoms with van der Waals surface area (Å²) in [4.78, 5) is 11.9. The fraction of sp³-hybridized carbons (Fsp3) is 0.533. The van der Waals surface area contributed by atoms with E-state index in [0.717, 1.165) is 19.3 Å². The molecule has 0 saturated heterocycles. The maximum atomic E-state index is 13.3. The summed E-state index contributed by atoms with van der Waals surface area (Å²) in [7, 11) is 0. The molecule has 1 fully saturated rings. The van der Waals surface area contributed by atoms with Crippen molar-refractivity contribution in [3.8, 4) is 0 Å². The lowest BCUT2D eigenvalue weighted by Crippen LogP contribution is -2.45. The van der Waals surface area contributed by atoms with Gasteiger partial charge in [0.2, 0.25) is 0 Å². The number of benzene rings is 1. The van der Waals surface area contributed by atoms with Gasteiger partial charge in [-0.2, -0.15) is 0 Å². The van der Waals surface area contributed by atoms with E-state index < -0.39 is 17.4 Å². The molecule has 0 spiro atoms. The van der Waals surface area contributed by atoms with Crippen molar-refractivity contribution in [2.45, 2.75) is 44.6 Å². The summed E-state index contributed by atoms with van der Waals surface area (Å²) < 4.78 is 13.3. The standard InChI is InChI=1S/C15H20ClFN2O2/c1-10-7-13(11(16)8-12(10)17)19-14(20)18-9-15(21)5-3-2-4-6-15/h7-8,21H,2-6,9H2,1H3,(H2,18,19,20). The van der Waals surface area contributed by atoms with Gasteiger partial charge in [-0.05, 0) is 37.5 Å². The molecule has 0 radical (unpaired) electrons. The Labute approximate surface area is 128 Å². The van der Waals surface area contributed by atoms with E-state index in [2.05, 4.69) is 10.6 Å². The van der Waals surface area contributed by atoms with Crippen molar-refractivity contribution in [1.29, 1.82) is 0 Å². The largest absolute Gasteiger partial charge is 0.388 e. The first kappa shape index (κ1) is 16.0. The van der Waals surface area contributed by atoms with Crippen LogP contribution < -0.4 is 10.6 Å². The molecule has 116 valence electrons. The summed E-state index contributed by atoms with van der Waals surface area (Å²) in [5, 5.41) is 15.7. The average Bonchev–Trinajstić information content (AvgIpc) is 2.44. The molecule has 21 heavy (non-hydrogen) atoms. The van der Waals surface area contributed by atoms with Crippen LogP contribution in [0.2, 0.25) is 5.02 Å². The predicted octanol–water partition coefficient (Wildman–Crippen LogP) is 3.60. The fourth-order valence-corrected chi connectivity index (χ4v) is 2.75. The molecule has 4 nitrogen and oxygen atoms in total. The number of anilines is 1. The second-order valence-corrected chi connectivity index (χ2v) is 6.08. The van der Waals surface area contributed by atoms with E-state index in [1.165, 1.54) is 12.1 Å². The van der Waals surface area contributed by atoms with E-state index in [0.29, 0.717) is 24.1 Å². The van der Waals surface area contributed by atoms with E-state index in [4.69, 9.17) is 11.6 Å². The molecule has 1 aliphatic carbocycles. The Morgan fingerprint density at radius 2 is 2.05 bits per heavy atom. The molecule has 2 rings (SSSR count). The van der Waals surface area contributed by atoms with E-state index in [1.54, 1.807) is 6.92 Å². The molecule has 1 saturated carbocycles. The minimum Gasteiger partial charge on any atom is -0.388 e. The van der Waals surface area contributed by atoms with E-state index in [9.17, 15) is 14.3 Å². The molecule has 6 heteroatoms. The van der Waals surface area contributed by atoms with Crippen LogP contribution in [0.4, 0.5) is 14.9 Å². The number of urea groups is 1. The minimum absolute atomic E-state index is 0.143. The number of aliphatic hydroxyl groups is 1. The molecular weight excluding hydrogens is 295 g/mol. The first-order valence-electron chi connectivity index (χ1n) is 7.12. The summed E-state index contributed by atoms with van der Waals surface area (Å²) in [5.41, 5.74) is -0.0673. The van der Waals surface area contributed by atoms with Crippen LogP contribution in [0.5, 0.6) is 0 Å². The number of carbonyl (C=O) groups is 1. The highest BCUT2D eigenvalue weighted by atomic mass is 35.5. The molecule has 0 aliphatic heterocycles. The maximum Gasteiger partial charge on any atom is 0.319 e. The summed E-state index contributed by atoms with van der Waals surface area (Å²) in [6.45, 7) is 1.80. The van der Waals surface area contributed by atoms with Crippen molar-refractivity contribution >= 4 is 23.3 Å². The summed E-state index contributed by atoms with van der Waals surface area (Å²) in [6, 6.07) is 2.19. The van der Waals surface area contributed by atoms with Gasteiger partial charge in [0, 0.05) is 6.54 Å². The van der Waals surface area contributed by atoms with E-state index in [-0.39, 0.29) is 11.6 Å². The predicted molar refractivity (Wildman–Crippen MR) is 81.2 cm³/mol. The Balaban J connectivity index is 1.91. The number of carbonyl (C=O) groups excluding carboxylic acids is 1. The Morgan fingerprint density at radius 1 is 1.38 bits per heavy atom.